The molecule has 86 valence electrons. The van der Waals surface area contributed by atoms with E-state index in [-0.39, 0.29) is 5.78 Å². The van der Waals surface area contributed by atoms with Crippen LogP contribution in [0.15, 0.2) is 30.3 Å². The van der Waals surface area contributed by atoms with Gasteiger partial charge in [-0.25, -0.2) is 4.98 Å². The van der Waals surface area contributed by atoms with E-state index in [1.54, 1.807) is 0 Å². The predicted molar refractivity (Wildman–Crippen MR) is 68.7 cm³/mol. The van der Waals surface area contributed by atoms with Gasteiger partial charge in [-0.1, -0.05) is 30.3 Å². The Kier molecular flexibility index (Phi) is 2.56. The number of nitrogens with zero attached hydrogens (tertiary/aromatic N) is 1. The van der Waals surface area contributed by atoms with Gasteiger partial charge in [0.2, 0.25) is 5.78 Å². The Labute approximate surface area is 104 Å². The average molecular weight is 243 g/mol. The van der Waals surface area contributed by atoms with Crippen LogP contribution in [0.4, 0.5) is 0 Å². The van der Waals surface area contributed by atoms with Crippen molar-refractivity contribution in [2.24, 2.45) is 0 Å². The number of carbonyl (C=O) groups excluding carboxylic acids is 1. The Bertz CT molecular complexity index is 555. The molecule has 0 unspecified atom stereocenters. The van der Waals surface area contributed by atoms with E-state index in [0.29, 0.717) is 10.9 Å². The number of aryl methyl sites for hydroxylation is 1. The van der Waals surface area contributed by atoms with Crippen molar-refractivity contribution in [2.45, 2.75) is 25.7 Å². The second kappa shape index (κ2) is 4.08. The van der Waals surface area contributed by atoms with Crippen molar-refractivity contribution >= 4 is 17.1 Å². The fourth-order valence-electron chi connectivity index (χ4n) is 1.95. The molecule has 0 radical (unpaired) electrons. The summed E-state index contributed by atoms with van der Waals surface area (Å²) in [5, 5.41) is 0.635. The molecule has 1 saturated carbocycles. The quantitative estimate of drug-likeness (QED) is 0.771. The Balaban J connectivity index is 1.94. The van der Waals surface area contributed by atoms with E-state index < -0.39 is 0 Å². The van der Waals surface area contributed by atoms with Crippen molar-refractivity contribution in [3.8, 4) is 0 Å². The number of ketones is 1. The van der Waals surface area contributed by atoms with Gasteiger partial charge in [0.05, 0.1) is 5.69 Å². The third kappa shape index (κ3) is 2.03. The van der Waals surface area contributed by atoms with E-state index in [1.165, 1.54) is 29.1 Å². The maximum atomic E-state index is 12.2. The molecule has 2 aromatic rings. The van der Waals surface area contributed by atoms with Crippen LogP contribution in [-0.4, -0.2) is 10.8 Å². The molecule has 3 rings (SSSR count). The van der Waals surface area contributed by atoms with Crippen molar-refractivity contribution in [1.29, 1.82) is 0 Å². The van der Waals surface area contributed by atoms with E-state index >= 15 is 0 Å². The number of carbonyl (C=O) groups is 1. The molecule has 1 fully saturated rings. The van der Waals surface area contributed by atoms with Crippen LogP contribution >= 0.6 is 11.3 Å². The highest BCUT2D eigenvalue weighted by Crippen LogP contribution is 2.42. The maximum Gasteiger partial charge on any atom is 0.221 e. The molecule has 2 nitrogen and oxygen atoms in total. The predicted octanol–water partition coefficient (Wildman–Crippen LogP) is 3.56. The Morgan fingerprint density at radius 2 is 2.00 bits per heavy atom. The molecule has 0 N–H and O–H groups in total. The van der Waals surface area contributed by atoms with Gasteiger partial charge in [-0.3, -0.25) is 4.79 Å². The van der Waals surface area contributed by atoms with Crippen LogP contribution < -0.4 is 0 Å². The van der Waals surface area contributed by atoms with Gasteiger partial charge in [0, 0.05) is 16.4 Å². The van der Waals surface area contributed by atoms with Gasteiger partial charge in [-0.15, -0.1) is 11.3 Å². The Hall–Kier alpha value is -1.48. The highest BCUT2D eigenvalue weighted by molar-refractivity contribution is 7.13. The van der Waals surface area contributed by atoms with Crippen LogP contribution in [0.1, 0.15) is 44.7 Å². The van der Waals surface area contributed by atoms with E-state index in [9.17, 15) is 4.79 Å². The third-order valence-electron chi connectivity index (χ3n) is 3.03. The van der Waals surface area contributed by atoms with Crippen molar-refractivity contribution < 1.29 is 4.79 Å². The summed E-state index contributed by atoms with van der Waals surface area (Å²) in [6, 6.07) is 9.37. The molecular formula is C14H13NOS. The summed E-state index contributed by atoms with van der Waals surface area (Å²) in [6.45, 7) is 2.06. The molecule has 17 heavy (non-hydrogen) atoms. The van der Waals surface area contributed by atoms with Crippen LogP contribution in [-0.2, 0) is 0 Å². The largest absolute Gasteiger partial charge is 0.286 e. The topological polar surface area (TPSA) is 30.0 Å². The van der Waals surface area contributed by atoms with Crippen molar-refractivity contribution in [1.82, 2.24) is 4.98 Å². The molecule has 0 atom stereocenters. The van der Waals surface area contributed by atoms with Gasteiger partial charge in [0.1, 0.15) is 0 Å². The van der Waals surface area contributed by atoms with Gasteiger partial charge in [0.25, 0.3) is 0 Å². The minimum atomic E-state index is 0.0469. The van der Waals surface area contributed by atoms with Crippen molar-refractivity contribution in [3.05, 3.63) is 51.5 Å². The van der Waals surface area contributed by atoms with Gasteiger partial charge in [-0.05, 0) is 19.8 Å². The number of thiazole rings is 1. The van der Waals surface area contributed by atoms with Crippen LogP contribution in [0.5, 0.6) is 0 Å². The fourth-order valence-corrected chi connectivity index (χ4v) is 2.92. The van der Waals surface area contributed by atoms with Gasteiger partial charge in [0.15, 0.2) is 5.01 Å². The fraction of sp³-hybridized carbons (Fsp3) is 0.286. The second-order valence-corrected chi connectivity index (χ2v) is 5.63. The first-order chi connectivity index (χ1) is 8.25. The third-order valence-corrected chi connectivity index (χ3v) is 4.01. The Morgan fingerprint density at radius 1 is 1.29 bits per heavy atom. The second-order valence-electron chi connectivity index (χ2n) is 4.43. The first-order valence-corrected chi connectivity index (χ1v) is 6.64. The summed E-state index contributed by atoms with van der Waals surface area (Å²) < 4.78 is 0. The molecule has 0 spiro atoms. The summed E-state index contributed by atoms with van der Waals surface area (Å²) >= 11 is 1.52. The van der Waals surface area contributed by atoms with Crippen molar-refractivity contribution in [2.75, 3.05) is 0 Å². The van der Waals surface area contributed by atoms with Crippen LogP contribution in [0.3, 0.4) is 0 Å². The van der Waals surface area contributed by atoms with Crippen LogP contribution in [0, 0.1) is 6.92 Å². The van der Waals surface area contributed by atoms with Crippen LogP contribution in [0.25, 0.3) is 0 Å². The lowest BCUT2D eigenvalue weighted by atomic mass is 10.1. The molecule has 0 bridgehead atoms. The van der Waals surface area contributed by atoms with E-state index in [1.807, 2.05) is 30.3 Å². The normalized spacial score (nSPS) is 14.9. The molecule has 1 heterocycles. The lowest BCUT2D eigenvalue weighted by molar-refractivity contribution is 0.103. The van der Waals surface area contributed by atoms with Gasteiger partial charge >= 0.3 is 0 Å². The zero-order valence-electron chi connectivity index (χ0n) is 9.64. The summed E-state index contributed by atoms with van der Waals surface area (Å²) in [4.78, 5) is 17.9. The molecule has 0 aliphatic heterocycles. The smallest absolute Gasteiger partial charge is 0.221 e. The first kappa shape index (κ1) is 10.7. The number of benzene rings is 1. The molecule has 3 heteroatoms. The molecule has 1 aromatic carbocycles. The zero-order valence-corrected chi connectivity index (χ0v) is 10.5. The summed E-state index contributed by atoms with van der Waals surface area (Å²) in [7, 11) is 0. The Morgan fingerprint density at radius 3 is 2.65 bits per heavy atom. The average Bonchev–Trinajstić information content (AvgIpc) is 3.13. The lowest BCUT2D eigenvalue weighted by Gasteiger charge is -1.95. The SMILES string of the molecule is Cc1sc(C(=O)c2ccccc2)nc1C1CC1. The van der Waals surface area contributed by atoms with E-state index in [0.717, 1.165) is 11.3 Å². The molecule has 0 saturated heterocycles. The molecule has 0 amide bonds. The lowest BCUT2D eigenvalue weighted by Crippen LogP contribution is -2.00. The summed E-state index contributed by atoms with van der Waals surface area (Å²) in [5.74, 6) is 0.661. The molecule has 1 aliphatic rings. The van der Waals surface area contributed by atoms with Crippen molar-refractivity contribution in [3.63, 3.8) is 0 Å². The van der Waals surface area contributed by atoms with E-state index in [4.69, 9.17) is 0 Å². The number of hydrogen-bond donors (Lipinski definition) is 0. The highest BCUT2D eigenvalue weighted by atomic mass is 32.1. The molecule has 1 aliphatic carbocycles. The standard InChI is InChI=1S/C14H13NOS/c1-9-12(10-7-8-10)15-14(17-9)13(16)11-5-3-2-4-6-11/h2-6,10H,7-8H2,1H3. The van der Waals surface area contributed by atoms with Gasteiger partial charge in [-0.2, -0.15) is 0 Å². The number of hydrogen-bond acceptors (Lipinski definition) is 3. The number of rotatable bonds is 3. The number of aromatic nitrogens is 1. The van der Waals surface area contributed by atoms with Crippen LogP contribution in [0.2, 0.25) is 0 Å². The van der Waals surface area contributed by atoms with Gasteiger partial charge < -0.3 is 0 Å². The van der Waals surface area contributed by atoms with E-state index in [2.05, 4.69) is 11.9 Å². The minimum Gasteiger partial charge on any atom is -0.286 e. The summed E-state index contributed by atoms with van der Waals surface area (Å²) in [6.07, 6.45) is 2.45. The zero-order chi connectivity index (χ0) is 11.8. The molecule has 1 aromatic heterocycles. The molecular weight excluding hydrogens is 230 g/mol. The summed E-state index contributed by atoms with van der Waals surface area (Å²) in [5.41, 5.74) is 1.87. The maximum absolute atomic E-state index is 12.2. The highest BCUT2D eigenvalue weighted by Gasteiger charge is 2.29. The minimum absolute atomic E-state index is 0.0469. The monoisotopic (exact) mass is 243 g/mol. The first-order valence-electron chi connectivity index (χ1n) is 5.83.